The second-order valence-corrected chi connectivity index (χ2v) is 4.89. The zero-order valence-corrected chi connectivity index (χ0v) is 10.8. The molecule has 0 amide bonds. The number of hydrogen-bond acceptors (Lipinski definition) is 2. The molecule has 0 unspecified atom stereocenters. The SMILES string of the molecule is CCN(c1ccc(C(N)=S)c(Cl)c1)C1CC1. The fraction of sp³-hybridized carbons (Fsp3) is 0.417. The minimum Gasteiger partial charge on any atom is -0.389 e. The van der Waals surface area contributed by atoms with E-state index >= 15 is 0 Å². The summed E-state index contributed by atoms with van der Waals surface area (Å²) in [4.78, 5) is 2.72. The highest BCUT2D eigenvalue weighted by Gasteiger charge is 2.28. The summed E-state index contributed by atoms with van der Waals surface area (Å²) in [6.45, 7) is 3.17. The molecule has 0 saturated heterocycles. The van der Waals surface area contributed by atoms with Gasteiger partial charge in [-0.1, -0.05) is 23.8 Å². The molecule has 0 aliphatic heterocycles. The van der Waals surface area contributed by atoms with Gasteiger partial charge in [-0.05, 0) is 38.0 Å². The lowest BCUT2D eigenvalue weighted by molar-refractivity contribution is 0.826. The van der Waals surface area contributed by atoms with E-state index in [-0.39, 0.29) is 0 Å². The third-order valence-electron chi connectivity index (χ3n) is 2.88. The van der Waals surface area contributed by atoms with Crippen LogP contribution in [0, 0.1) is 0 Å². The molecule has 2 N–H and O–H groups in total. The molecule has 0 bridgehead atoms. The van der Waals surface area contributed by atoms with Gasteiger partial charge in [0.05, 0.1) is 5.02 Å². The smallest absolute Gasteiger partial charge is 0.105 e. The molecule has 1 aliphatic carbocycles. The minimum atomic E-state index is 0.353. The Labute approximate surface area is 106 Å². The first-order valence-electron chi connectivity index (χ1n) is 5.49. The molecule has 16 heavy (non-hydrogen) atoms. The lowest BCUT2D eigenvalue weighted by Gasteiger charge is -2.23. The van der Waals surface area contributed by atoms with Crippen molar-refractivity contribution in [3.63, 3.8) is 0 Å². The zero-order valence-electron chi connectivity index (χ0n) is 9.24. The summed E-state index contributed by atoms with van der Waals surface area (Å²) >= 11 is 11.1. The summed E-state index contributed by atoms with van der Waals surface area (Å²) in [6, 6.07) is 6.60. The Morgan fingerprint density at radius 1 is 1.56 bits per heavy atom. The maximum atomic E-state index is 6.16. The molecule has 0 radical (unpaired) electrons. The number of anilines is 1. The van der Waals surface area contributed by atoms with Gasteiger partial charge in [-0.2, -0.15) is 0 Å². The molecule has 0 spiro atoms. The molecule has 0 heterocycles. The van der Waals surface area contributed by atoms with Gasteiger partial charge >= 0.3 is 0 Å². The number of halogens is 1. The van der Waals surface area contributed by atoms with Crippen LogP contribution in [0.3, 0.4) is 0 Å². The third-order valence-corrected chi connectivity index (χ3v) is 3.41. The van der Waals surface area contributed by atoms with Gasteiger partial charge in [-0.25, -0.2) is 0 Å². The molecule has 2 rings (SSSR count). The highest BCUT2D eigenvalue weighted by molar-refractivity contribution is 7.80. The highest BCUT2D eigenvalue weighted by Crippen LogP contribution is 2.33. The van der Waals surface area contributed by atoms with Crippen LogP contribution < -0.4 is 10.6 Å². The van der Waals surface area contributed by atoms with Crippen molar-refractivity contribution in [1.82, 2.24) is 0 Å². The second-order valence-electron chi connectivity index (χ2n) is 4.05. The Kier molecular flexibility index (Phi) is 3.36. The number of nitrogens with two attached hydrogens (primary N) is 1. The van der Waals surface area contributed by atoms with Crippen LogP contribution in [0.4, 0.5) is 5.69 Å². The van der Waals surface area contributed by atoms with E-state index in [4.69, 9.17) is 29.6 Å². The van der Waals surface area contributed by atoms with Crippen molar-refractivity contribution in [3.8, 4) is 0 Å². The van der Waals surface area contributed by atoms with E-state index in [9.17, 15) is 0 Å². The Bertz CT molecular complexity index is 415. The first kappa shape index (κ1) is 11.7. The summed E-state index contributed by atoms with van der Waals surface area (Å²) in [5, 5.41) is 0.643. The predicted octanol–water partition coefficient (Wildman–Crippen LogP) is 2.96. The minimum absolute atomic E-state index is 0.353. The Morgan fingerprint density at radius 3 is 2.69 bits per heavy atom. The van der Waals surface area contributed by atoms with Crippen LogP contribution >= 0.6 is 23.8 Å². The average molecular weight is 255 g/mol. The van der Waals surface area contributed by atoms with Gasteiger partial charge in [0.2, 0.25) is 0 Å². The Balaban J connectivity index is 2.28. The zero-order chi connectivity index (χ0) is 11.7. The number of hydrogen-bond donors (Lipinski definition) is 1. The summed E-state index contributed by atoms with van der Waals surface area (Å²) in [5.41, 5.74) is 7.50. The van der Waals surface area contributed by atoms with E-state index in [0.717, 1.165) is 17.8 Å². The standard InChI is InChI=1S/C12H15ClN2S/c1-2-15(8-3-4-8)9-5-6-10(12(14)16)11(13)7-9/h5-8H,2-4H2,1H3,(H2,14,16). The van der Waals surface area contributed by atoms with Crippen LogP contribution in [0.1, 0.15) is 25.3 Å². The summed E-state index contributed by atoms with van der Waals surface area (Å²) < 4.78 is 0. The molecule has 1 fully saturated rings. The summed E-state index contributed by atoms with van der Waals surface area (Å²) in [7, 11) is 0. The van der Waals surface area contributed by atoms with Crippen LogP contribution in [0.5, 0.6) is 0 Å². The van der Waals surface area contributed by atoms with E-state index in [2.05, 4.69) is 11.8 Å². The van der Waals surface area contributed by atoms with Gasteiger partial charge in [-0.15, -0.1) is 0 Å². The number of rotatable bonds is 4. The monoisotopic (exact) mass is 254 g/mol. The Morgan fingerprint density at radius 2 is 2.25 bits per heavy atom. The van der Waals surface area contributed by atoms with Crippen LogP contribution in [-0.4, -0.2) is 17.6 Å². The van der Waals surface area contributed by atoms with Crippen molar-refractivity contribution in [2.45, 2.75) is 25.8 Å². The van der Waals surface area contributed by atoms with Crippen LogP contribution in [0.25, 0.3) is 0 Å². The largest absolute Gasteiger partial charge is 0.389 e. The van der Waals surface area contributed by atoms with Crippen LogP contribution in [-0.2, 0) is 0 Å². The van der Waals surface area contributed by atoms with E-state index in [1.54, 1.807) is 0 Å². The van der Waals surface area contributed by atoms with Crippen molar-refractivity contribution < 1.29 is 0 Å². The van der Waals surface area contributed by atoms with Crippen molar-refractivity contribution in [1.29, 1.82) is 0 Å². The molecule has 1 aromatic rings. The van der Waals surface area contributed by atoms with Gasteiger partial charge in [0.1, 0.15) is 4.99 Å². The molecule has 1 saturated carbocycles. The highest BCUT2D eigenvalue weighted by atomic mass is 35.5. The number of thiocarbonyl (C=S) groups is 1. The fourth-order valence-corrected chi connectivity index (χ4v) is 2.43. The molecule has 2 nitrogen and oxygen atoms in total. The van der Waals surface area contributed by atoms with Crippen molar-refractivity contribution in [2.75, 3.05) is 11.4 Å². The molecule has 1 aliphatic rings. The second kappa shape index (κ2) is 4.60. The molecule has 0 aromatic heterocycles. The fourth-order valence-electron chi connectivity index (χ4n) is 1.92. The van der Waals surface area contributed by atoms with Crippen molar-refractivity contribution in [3.05, 3.63) is 28.8 Å². The van der Waals surface area contributed by atoms with Crippen LogP contribution in [0.2, 0.25) is 5.02 Å². The molecule has 4 heteroatoms. The average Bonchev–Trinajstić information content (AvgIpc) is 3.02. The third kappa shape index (κ3) is 2.30. The molecule has 1 aromatic carbocycles. The van der Waals surface area contributed by atoms with Gasteiger partial charge in [0.15, 0.2) is 0 Å². The summed E-state index contributed by atoms with van der Waals surface area (Å²) in [5.74, 6) is 0. The van der Waals surface area contributed by atoms with Gasteiger partial charge in [-0.3, -0.25) is 0 Å². The lowest BCUT2D eigenvalue weighted by Crippen LogP contribution is -2.25. The van der Waals surface area contributed by atoms with Gasteiger partial charge in [0, 0.05) is 23.8 Å². The first-order valence-corrected chi connectivity index (χ1v) is 6.28. The van der Waals surface area contributed by atoms with E-state index in [0.29, 0.717) is 16.1 Å². The quantitative estimate of drug-likeness (QED) is 0.838. The Hall–Kier alpha value is -0.800. The normalized spacial score (nSPS) is 14.9. The van der Waals surface area contributed by atoms with Crippen molar-refractivity contribution >= 4 is 34.5 Å². The molecular formula is C12H15ClN2S. The predicted molar refractivity (Wildman–Crippen MR) is 73.4 cm³/mol. The summed E-state index contributed by atoms with van der Waals surface area (Å²) in [6.07, 6.45) is 2.56. The van der Waals surface area contributed by atoms with Gasteiger partial charge in [0.25, 0.3) is 0 Å². The van der Waals surface area contributed by atoms with Gasteiger partial charge < -0.3 is 10.6 Å². The maximum Gasteiger partial charge on any atom is 0.105 e. The van der Waals surface area contributed by atoms with Crippen molar-refractivity contribution in [2.24, 2.45) is 5.73 Å². The maximum absolute atomic E-state index is 6.16. The van der Waals surface area contributed by atoms with Crippen LogP contribution in [0.15, 0.2) is 18.2 Å². The van der Waals surface area contributed by atoms with E-state index < -0.39 is 0 Å². The molecule has 86 valence electrons. The van der Waals surface area contributed by atoms with E-state index in [1.165, 1.54) is 12.8 Å². The lowest BCUT2D eigenvalue weighted by atomic mass is 10.2. The molecule has 0 atom stereocenters. The topological polar surface area (TPSA) is 29.3 Å². The van der Waals surface area contributed by atoms with E-state index in [1.807, 2.05) is 18.2 Å². The molecular weight excluding hydrogens is 240 g/mol. The first-order chi connectivity index (χ1) is 7.63. The number of nitrogens with zero attached hydrogens (tertiary/aromatic N) is 1. The number of benzene rings is 1.